The molecule has 0 radical (unpaired) electrons. The summed E-state index contributed by atoms with van der Waals surface area (Å²) < 4.78 is 0. The first-order valence-electron chi connectivity index (χ1n) is 8.71. The Bertz CT molecular complexity index is 261. The molecule has 124 valence electrons. The summed E-state index contributed by atoms with van der Waals surface area (Å²) in [5, 5.41) is 18.3. The molecule has 1 atom stereocenters. The van der Waals surface area contributed by atoms with Gasteiger partial charge in [0.15, 0.2) is 0 Å². The average Bonchev–Trinajstić information content (AvgIpc) is 2.44. The van der Waals surface area contributed by atoms with Gasteiger partial charge in [-0.15, -0.1) is 0 Å². The van der Waals surface area contributed by atoms with Gasteiger partial charge in [-0.1, -0.05) is 70.4 Å². The molecular formula is C18H34O3. The highest BCUT2D eigenvalue weighted by atomic mass is 16.4. The summed E-state index contributed by atoms with van der Waals surface area (Å²) in [6, 6.07) is 0. The van der Waals surface area contributed by atoms with Gasteiger partial charge in [0.05, 0.1) is 6.10 Å². The molecule has 0 aliphatic heterocycles. The van der Waals surface area contributed by atoms with Gasteiger partial charge in [-0.05, 0) is 25.7 Å². The van der Waals surface area contributed by atoms with Crippen molar-refractivity contribution in [3.63, 3.8) is 0 Å². The molecule has 2 N–H and O–H groups in total. The minimum Gasteiger partial charge on any atom is -0.481 e. The van der Waals surface area contributed by atoms with Crippen LogP contribution in [0.3, 0.4) is 0 Å². The number of hydrogen-bond donors (Lipinski definition) is 2. The smallest absolute Gasteiger partial charge is 0.303 e. The molecule has 0 aliphatic rings. The monoisotopic (exact) mass is 298 g/mol. The summed E-state index contributed by atoms with van der Waals surface area (Å²) in [5.41, 5.74) is 0. The lowest BCUT2D eigenvalue weighted by atomic mass is 10.0. The van der Waals surface area contributed by atoms with Gasteiger partial charge >= 0.3 is 5.97 Å². The first kappa shape index (κ1) is 20.2. The molecule has 0 saturated carbocycles. The van der Waals surface area contributed by atoms with E-state index in [-0.39, 0.29) is 6.10 Å². The van der Waals surface area contributed by atoms with E-state index in [1.165, 1.54) is 32.1 Å². The highest BCUT2D eigenvalue weighted by molar-refractivity contribution is 5.66. The van der Waals surface area contributed by atoms with Crippen molar-refractivity contribution in [3.8, 4) is 0 Å². The molecule has 21 heavy (non-hydrogen) atoms. The van der Waals surface area contributed by atoms with E-state index in [1.54, 1.807) is 0 Å². The topological polar surface area (TPSA) is 57.5 Å². The molecule has 0 aliphatic carbocycles. The van der Waals surface area contributed by atoms with Crippen LogP contribution >= 0.6 is 0 Å². The predicted molar refractivity (Wildman–Crippen MR) is 88.5 cm³/mol. The normalized spacial score (nSPS) is 12.9. The van der Waals surface area contributed by atoms with Crippen molar-refractivity contribution in [2.45, 2.75) is 96.5 Å². The molecule has 0 aromatic rings. The van der Waals surface area contributed by atoms with Crippen molar-refractivity contribution in [1.29, 1.82) is 0 Å². The zero-order valence-corrected chi connectivity index (χ0v) is 13.7. The number of aliphatic hydroxyl groups excluding tert-OH is 1. The van der Waals surface area contributed by atoms with E-state index < -0.39 is 5.97 Å². The van der Waals surface area contributed by atoms with E-state index >= 15 is 0 Å². The fraction of sp³-hybridized carbons (Fsp3) is 0.833. The number of carboxylic acids is 1. The van der Waals surface area contributed by atoms with Crippen molar-refractivity contribution >= 4 is 5.97 Å². The van der Waals surface area contributed by atoms with Crippen LogP contribution in [-0.2, 0) is 4.79 Å². The summed E-state index contributed by atoms with van der Waals surface area (Å²) in [7, 11) is 0. The van der Waals surface area contributed by atoms with Crippen LogP contribution in [0.5, 0.6) is 0 Å². The highest BCUT2D eigenvalue weighted by Gasteiger charge is 2.01. The number of hydrogen-bond acceptors (Lipinski definition) is 2. The Balaban J connectivity index is 3.15. The third-order valence-corrected chi connectivity index (χ3v) is 3.74. The van der Waals surface area contributed by atoms with Crippen LogP contribution in [-0.4, -0.2) is 22.3 Å². The van der Waals surface area contributed by atoms with Crippen LogP contribution in [0.4, 0.5) is 0 Å². The van der Waals surface area contributed by atoms with Gasteiger partial charge in [0, 0.05) is 6.42 Å². The Morgan fingerprint density at radius 3 is 1.95 bits per heavy atom. The van der Waals surface area contributed by atoms with E-state index in [1.807, 2.05) is 0 Å². The molecule has 0 saturated heterocycles. The van der Waals surface area contributed by atoms with Gasteiger partial charge in [0.1, 0.15) is 0 Å². The number of unbranched alkanes of at least 4 members (excludes halogenated alkanes) is 8. The molecule has 0 aromatic carbocycles. The highest BCUT2D eigenvalue weighted by Crippen LogP contribution is 2.13. The Hall–Kier alpha value is -0.830. The molecule has 0 heterocycles. The molecule has 0 bridgehead atoms. The van der Waals surface area contributed by atoms with Crippen molar-refractivity contribution in [2.75, 3.05) is 0 Å². The van der Waals surface area contributed by atoms with Crippen LogP contribution in [0.15, 0.2) is 12.2 Å². The van der Waals surface area contributed by atoms with Crippen LogP contribution in [0.1, 0.15) is 90.4 Å². The molecule has 0 fully saturated rings. The fourth-order valence-corrected chi connectivity index (χ4v) is 2.43. The standard InChI is InChI=1S/C18H34O3/c1-2-3-11-14-17(19)15-12-9-7-5-4-6-8-10-13-16-18(20)21/h3,11,17,19H,2,4-10,12-16H2,1H3,(H,20,21). The van der Waals surface area contributed by atoms with Gasteiger partial charge in [0.2, 0.25) is 0 Å². The summed E-state index contributed by atoms with van der Waals surface area (Å²) in [4.78, 5) is 10.3. The largest absolute Gasteiger partial charge is 0.481 e. The van der Waals surface area contributed by atoms with Crippen molar-refractivity contribution in [2.24, 2.45) is 0 Å². The molecular weight excluding hydrogens is 264 g/mol. The Kier molecular flexibility index (Phi) is 14.9. The maximum absolute atomic E-state index is 10.3. The summed E-state index contributed by atoms with van der Waals surface area (Å²) in [5.74, 6) is -0.678. The third-order valence-electron chi connectivity index (χ3n) is 3.74. The number of aliphatic hydroxyl groups is 1. The maximum Gasteiger partial charge on any atom is 0.303 e. The fourth-order valence-electron chi connectivity index (χ4n) is 2.43. The second-order valence-corrected chi connectivity index (χ2v) is 5.88. The van der Waals surface area contributed by atoms with Gasteiger partial charge in [-0.2, -0.15) is 0 Å². The molecule has 0 spiro atoms. The summed E-state index contributed by atoms with van der Waals surface area (Å²) >= 11 is 0. The van der Waals surface area contributed by atoms with Crippen LogP contribution in [0.2, 0.25) is 0 Å². The molecule has 3 heteroatoms. The van der Waals surface area contributed by atoms with Crippen molar-refractivity contribution in [3.05, 3.63) is 12.2 Å². The van der Waals surface area contributed by atoms with E-state index in [9.17, 15) is 9.90 Å². The Morgan fingerprint density at radius 1 is 0.905 bits per heavy atom. The SMILES string of the molecule is CCC=CCC(O)CCCCCCCCCCCC(=O)O. The van der Waals surface area contributed by atoms with Crippen LogP contribution in [0, 0.1) is 0 Å². The second kappa shape index (κ2) is 15.6. The number of carboxylic acid groups (broad SMARTS) is 1. The number of aliphatic carboxylic acids is 1. The lowest BCUT2D eigenvalue weighted by Crippen LogP contribution is -2.04. The Labute approximate surface area is 130 Å². The number of rotatable bonds is 15. The van der Waals surface area contributed by atoms with Crippen molar-refractivity contribution in [1.82, 2.24) is 0 Å². The third kappa shape index (κ3) is 17.1. The predicted octanol–water partition coefficient (Wildman–Crippen LogP) is 5.08. The first-order valence-corrected chi connectivity index (χ1v) is 8.71. The summed E-state index contributed by atoms with van der Waals surface area (Å²) in [6.07, 6.45) is 17.5. The molecule has 0 aromatic heterocycles. The van der Waals surface area contributed by atoms with Gasteiger partial charge in [0.25, 0.3) is 0 Å². The molecule has 0 amide bonds. The van der Waals surface area contributed by atoms with Gasteiger partial charge in [-0.3, -0.25) is 4.79 Å². The first-order chi connectivity index (χ1) is 10.2. The van der Waals surface area contributed by atoms with E-state index in [0.717, 1.165) is 44.9 Å². The molecule has 0 rings (SSSR count). The number of carbonyl (C=O) groups is 1. The zero-order chi connectivity index (χ0) is 15.8. The minimum atomic E-state index is -0.678. The van der Waals surface area contributed by atoms with Gasteiger partial charge < -0.3 is 10.2 Å². The van der Waals surface area contributed by atoms with Crippen LogP contribution in [0.25, 0.3) is 0 Å². The molecule has 1 unspecified atom stereocenters. The number of allylic oxidation sites excluding steroid dienone is 1. The molecule has 3 nitrogen and oxygen atoms in total. The quantitative estimate of drug-likeness (QED) is 0.327. The average molecular weight is 298 g/mol. The van der Waals surface area contributed by atoms with E-state index in [2.05, 4.69) is 19.1 Å². The lowest BCUT2D eigenvalue weighted by Gasteiger charge is -2.07. The zero-order valence-electron chi connectivity index (χ0n) is 13.7. The second-order valence-electron chi connectivity index (χ2n) is 5.88. The van der Waals surface area contributed by atoms with E-state index in [4.69, 9.17) is 5.11 Å². The van der Waals surface area contributed by atoms with Gasteiger partial charge in [-0.25, -0.2) is 0 Å². The van der Waals surface area contributed by atoms with Crippen LogP contribution < -0.4 is 0 Å². The maximum atomic E-state index is 10.3. The minimum absolute atomic E-state index is 0.165. The van der Waals surface area contributed by atoms with E-state index in [0.29, 0.717) is 6.42 Å². The van der Waals surface area contributed by atoms with Crippen molar-refractivity contribution < 1.29 is 15.0 Å². The Morgan fingerprint density at radius 2 is 1.43 bits per heavy atom. The lowest BCUT2D eigenvalue weighted by molar-refractivity contribution is -0.137. The summed E-state index contributed by atoms with van der Waals surface area (Å²) in [6.45, 7) is 2.11.